The molecule has 0 radical (unpaired) electrons. The summed E-state index contributed by atoms with van der Waals surface area (Å²) in [6.45, 7) is 8.76. The van der Waals surface area contributed by atoms with Crippen molar-refractivity contribution in [3.63, 3.8) is 0 Å². The minimum absolute atomic E-state index is 0.375. The molecule has 0 N–H and O–H groups in total. The summed E-state index contributed by atoms with van der Waals surface area (Å²) in [6, 6.07) is 5.18. The molecule has 0 aromatic carbocycles. The lowest BCUT2D eigenvalue weighted by Crippen LogP contribution is -2.50. The number of hydrogen-bond acceptors (Lipinski definition) is 6. The highest BCUT2D eigenvalue weighted by atomic mass is 15.3. The fourth-order valence-electron chi connectivity index (χ4n) is 4.47. The van der Waals surface area contributed by atoms with Gasteiger partial charge in [-0.1, -0.05) is 0 Å². The van der Waals surface area contributed by atoms with E-state index in [1.807, 2.05) is 24.8 Å². The largest absolute Gasteiger partial charge is 0.338 e. The van der Waals surface area contributed by atoms with Crippen LogP contribution >= 0.6 is 0 Å². The Kier molecular flexibility index (Phi) is 4.47. The van der Waals surface area contributed by atoms with Gasteiger partial charge in [-0.05, 0) is 45.4 Å². The van der Waals surface area contributed by atoms with E-state index in [2.05, 4.69) is 49.2 Å². The monoisotopic (exact) mass is 377 g/mol. The van der Waals surface area contributed by atoms with E-state index in [9.17, 15) is 0 Å². The Hall–Kier alpha value is -2.54. The van der Waals surface area contributed by atoms with Gasteiger partial charge in [0.2, 0.25) is 5.95 Å². The van der Waals surface area contributed by atoms with Gasteiger partial charge in [-0.3, -0.25) is 9.88 Å². The number of aromatic nitrogens is 5. The fourth-order valence-corrected chi connectivity index (χ4v) is 4.47. The molecular formula is C21H27N7. The molecule has 3 aromatic rings. The number of nitrogens with zero attached hydrogens (tertiary/aromatic N) is 7. The molecule has 2 aliphatic heterocycles. The van der Waals surface area contributed by atoms with Crippen LogP contribution in [0.4, 0.5) is 5.95 Å². The SMILES string of the molecule is CC(C)n1cnc2cnc(Cc3ccnc(N4CCN5CCCC5C4)n3)cc21. The average molecular weight is 377 g/mol. The van der Waals surface area contributed by atoms with Crippen LogP contribution in [0.2, 0.25) is 0 Å². The summed E-state index contributed by atoms with van der Waals surface area (Å²) in [5, 5.41) is 0. The van der Waals surface area contributed by atoms with Crippen LogP contribution in [0, 0.1) is 0 Å². The summed E-state index contributed by atoms with van der Waals surface area (Å²) >= 11 is 0. The summed E-state index contributed by atoms with van der Waals surface area (Å²) in [4.78, 5) is 23.4. The van der Waals surface area contributed by atoms with Crippen molar-refractivity contribution in [2.24, 2.45) is 0 Å². The molecule has 0 bridgehead atoms. The van der Waals surface area contributed by atoms with Crippen LogP contribution in [-0.4, -0.2) is 61.6 Å². The molecule has 0 saturated carbocycles. The Morgan fingerprint density at radius 2 is 2.04 bits per heavy atom. The third-order valence-electron chi connectivity index (χ3n) is 6.01. The minimum atomic E-state index is 0.375. The zero-order valence-corrected chi connectivity index (χ0v) is 16.6. The van der Waals surface area contributed by atoms with Gasteiger partial charge in [0.25, 0.3) is 0 Å². The van der Waals surface area contributed by atoms with Crippen LogP contribution in [0.1, 0.15) is 44.1 Å². The van der Waals surface area contributed by atoms with Crippen molar-refractivity contribution in [1.82, 2.24) is 29.4 Å². The highest BCUT2D eigenvalue weighted by Gasteiger charge is 2.31. The van der Waals surface area contributed by atoms with Gasteiger partial charge in [-0.25, -0.2) is 15.0 Å². The van der Waals surface area contributed by atoms with Gasteiger partial charge in [0.1, 0.15) is 5.52 Å². The summed E-state index contributed by atoms with van der Waals surface area (Å²) in [6.07, 6.45) is 8.97. The normalized spacial score (nSPS) is 20.2. The molecule has 5 heterocycles. The maximum Gasteiger partial charge on any atom is 0.225 e. The second kappa shape index (κ2) is 7.13. The molecule has 0 amide bonds. The van der Waals surface area contributed by atoms with Crippen LogP contribution < -0.4 is 4.90 Å². The van der Waals surface area contributed by atoms with E-state index in [0.717, 1.165) is 48.0 Å². The van der Waals surface area contributed by atoms with Crippen molar-refractivity contribution in [2.75, 3.05) is 31.1 Å². The van der Waals surface area contributed by atoms with Gasteiger partial charge in [-0.2, -0.15) is 0 Å². The van der Waals surface area contributed by atoms with Gasteiger partial charge in [0.05, 0.1) is 23.7 Å². The van der Waals surface area contributed by atoms with Crippen LogP contribution in [0.25, 0.3) is 11.0 Å². The van der Waals surface area contributed by atoms with Gasteiger partial charge in [0.15, 0.2) is 0 Å². The maximum absolute atomic E-state index is 4.87. The van der Waals surface area contributed by atoms with E-state index in [0.29, 0.717) is 18.5 Å². The Morgan fingerprint density at radius 1 is 1.11 bits per heavy atom. The molecule has 2 saturated heterocycles. The van der Waals surface area contributed by atoms with Crippen molar-refractivity contribution < 1.29 is 0 Å². The van der Waals surface area contributed by atoms with E-state index < -0.39 is 0 Å². The third kappa shape index (κ3) is 3.24. The summed E-state index contributed by atoms with van der Waals surface area (Å²) in [7, 11) is 0. The summed E-state index contributed by atoms with van der Waals surface area (Å²) in [5.41, 5.74) is 4.10. The zero-order valence-electron chi connectivity index (χ0n) is 16.6. The Balaban J connectivity index is 1.36. The van der Waals surface area contributed by atoms with Gasteiger partial charge >= 0.3 is 0 Å². The highest BCUT2D eigenvalue weighted by molar-refractivity contribution is 5.74. The number of rotatable bonds is 4. The van der Waals surface area contributed by atoms with E-state index in [4.69, 9.17) is 4.98 Å². The van der Waals surface area contributed by atoms with E-state index >= 15 is 0 Å². The second-order valence-corrected chi connectivity index (χ2v) is 8.21. The van der Waals surface area contributed by atoms with Crippen LogP contribution in [-0.2, 0) is 6.42 Å². The first-order valence-corrected chi connectivity index (χ1v) is 10.3. The van der Waals surface area contributed by atoms with E-state index in [-0.39, 0.29) is 0 Å². The molecule has 3 aromatic heterocycles. The van der Waals surface area contributed by atoms with Crippen molar-refractivity contribution in [3.8, 4) is 0 Å². The van der Waals surface area contributed by atoms with E-state index in [1.54, 1.807) is 0 Å². The standard InChI is InChI=1S/C21H27N7/c1-15(2)28-14-24-19-12-23-17(11-20(19)28)10-16-5-6-22-21(25-16)27-9-8-26-7-3-4-18(26)13-27/h5-6,11-12,14-15,18H,3-4,7-10,13H2,1-2H3. The average Bonchev–Trinajstić information content (AvgIpc) is 3.34. The molecule has 0 aliphatic carbocycles. The lowest BCUT2D eigenvalue weighted by atomic mass is 10.1. The van der Waals surface area contributed by atoms with Crippen molar-refractivity contribution in [1.29, 1.82) is 0 Å². The van der Waals surface area contributed by atoms with Gasteiger partial charge in [0, 0.05) is 50.0 Å². The smallest absolute Gasteiger partial charge is 0.225 e. The van der Waals surface area contributed by atoms with Crippen LogP contribution in [0.15, 0.2) is 30.9 Å². The predicted octanol–water partition coefficient (Wildman–Crippen LogP) is 2.68. The number of pyridine rings is 1. The molecule has 7 nitrogen and oxygen atoms in total. The third-order valence-corrected chi connectivity index (χ3v) is 6.01. The number of hydrogen-bond donors (Lipinski definition) is 0. The second-order valence-electron chi connectivity index (χ2n) is 8.21. The predicted molar refractivity (Wildman–Crippen MR) is 110 cm³/mol. The van der Waals surface area contributed by atoms with Crippen LogP contribution in [0.5, 0.6) is 0 Å². The number of imidazole rings is 1. The summed E-state index contributed by atoms with van der Waals surface area (Å²) in [5.74, 6) is 0.859. The number of anilines is 1. The first-order valence-electron chi connectivity index (χ1n) is 10.3. The molecule has 28 heavy (non-hydrogen) atoms. The lowest BCUT2D eigenvalue weighted by Gasteiger charge is -2.37. The topological polar surface area (TPSA) is 63.0 Å². The Labute approximate surface area is 165 Å². The molecule has 5 rings (SSSR count). The van der Waals surface area contributed by atoms with E-state index in [1.165, 1.54) is 19.4 Å². The highest BCUT2D eigenvalue weighted by Crippen LogP contribution is 2.24. The van der Waals surface area contributed by atoms with Crippen LogP contribution in [0.3, 0.4) is 0 Å². The Morgan fingerprint density at radius 3 is 2.93 bits per heavy atom. The Bertz CT molecular complexity index is 980. The number of piperazine rings is 1. The quantitative estimate of drug-likeness (QED) is 0.697. The minimum Gasteiger partial charge on any atom is -0.338 e. The molecule has 7 heteroatoms. The van der Waals surface area contributed by atoms with Gasteiger partial charge < -0.3 is 9.47 Å². The molecule has 2 fully saturated rings. The summed E-state index contributed by atoms with van der Waals surface area (Å²) < 4.78 is 2.19. The molecule has 1 atom stereocenters. The fraction of sp³-hybridized carbons (Fsp3) is 0.524. The van der Waals surface area contributed by atoms with Crippen molar-refractivity contribution in [3.05, 3.63) is 42.2 Å². The molecule has 1 unspecified atom stereocenters. The molecule has 2 aliphatic rings. The van der Waals surface area contributed by atoms with Crippen molar-refractivity contribution >= 4 is 17.0 Å². The number of fused-ring (bicyclic) bond motifs is 2. The molecule has 0 spiro atoms. The zero-order chi connectivity index (χ0) is 19.1. The molecular weight excluding hydrogens is 350 g/mol. The molecule has 146 valence electrons. The van der Waals surface area contributed by atoms with Gasteiger partial charge in [-0.15, -0.1) is 0 Å². The maximum atomic E-state index is 4.87. The first kappa shape index (κ1) is 17.6. The first-order chi connectivity index (χ1) is 13.7. The van der Waals surface area contributed by atoms with Crippen molar-refractivity contribution in [2.45, 2.75) is 45.2 Å². The lowest BCUT2D eigenvalue weighted by molar-refractivity contribution is 0.229.